The van der Waals surface area contributed by atoms with Crippen molar-refractivity contribution >= 4 is 40.5 Å². The van der Waals surface area contributed by atoms with E-state index in [0.717, 1.165) is 31.6 Å². The van der Waals surface area contributed by atoms with Crippen molar-refractivity contribution in [3.63, 3.8) is 0 Å². The molecule has 1 N–H and O–H groups in total. The largest absolute Gasteiger partial charge is 0.478 e. The molecule has 34 heavy (non-hydrogen) atoms. The van der Waals surface area contributed by atoms with Crippen LogP contribution in [0.1, 0.15) is 45.7 Å². The van der Waals surface area contributed by atoms with Crippen molar-refractivity contribution in [2.75, 3.05) is 7.11 Å². The highest BCUT2D eigenvalue weighted by molar-refractivity contribution is 6.32. The molecule has 0 amide bonds. The number of nitrogens with zero attached hydrogens (tertiary/aromatic N) is 4. The van der Waals surface area contributed by atoms with Gasteiger partial charge < -0.3 is 9.84 Å². The Kier molecular flexibility index (Phi) is 8.24. The maximum absolute atomic E-state index is 13.1. The van der Waals surface area contributed by atoms with Crippen LogP contribution < -0.4 is 0 Å². The van der Waals surface area contributed by atoms with Gasteiger partial charge >= 0.3 is 11.9 Å². The van der Waals surface area contributed by atoms with Crippen LogP contribution in [0.25, 0.3) is 5.57 Å². The van der Waals surface area contributed by atoms with Crippen LogP contribution >= 0.6 is 11.6 Å². The van der Waals surface area contributed by atoms with Crippen LogP contribution in [0.5, 0.6) is 0 Å². The number of carboxylic acid groups (broad SMARTS) is 1. The van der Waals surface area contributed by atoms with Crippen LogP contribution in [0, 0.1) is 20.2 Å². The normalized spacial score (nSPS) is 14.2. The molecule has 12 nitrogen and oxygen atoms in total. The smallest absolute Gasteiger partial charge is 0.340 e. The van der Waals surface area contributed by atoms with Gasteiger partial charge in [-0.15, -0.1) is 0 Å². The van der Waals surface area contributed by atoms with Crippen LogP contribution in [0.2, 0.25) is 5.15 Å². The molecule has 0 bridgehead atoms. The van der Waals surface area contributed by atoms with Gasteiger partial charge in [0.05, 0.1) is 28.2 Å². The Bertz CT molecular complexity index is 1190. The zero-order valence-electron chi connectivity index (χ0n) is 17.2. The van der Waals surface area contributed by atoms with E-state index in [2.05, 4.69) is 14.7 Å². The van der Waals surface area contributed by atoms with Crippen LogP contribution in [-0.4, -0.2) is 49.9 Å². The number of aromatic carboxylic acids is 1. The standard InChI is InChI=1S/C13H12F2N2O4.C6H3ClN2O4/c1-21-12(18)10-6-9(17(19)20)7-16-11(10)8-2-4-13(14,15)5-3-8;7-5-4(6(10)11)1-3(2-8-5)9(12)13/h2,6-7H,3-5H2,1H3;1-2H,(H,10,11). The molecule has 3 rings (SSSR count). The lowest BCUT2D eigenvalue weighted by molar-refractivity contribution is -0.385. The molecule has 0 spiro atoms. The number of alkyl halides is 2. The highest BCUT2D eigenvalue weighted by atomic mass is 35.5. The lowest BCUT2D eigenvalue weighted by Crippen LogP contribution is -2.19. The van der Waals surface area contributed by atoms with Crippen molar-refractivity contribution in [2.24, 2.45) is 0 Å². The molecule has 2 heterocycles. The molecule has 0 atom stereocenters. The van der Waals surface area contributed by atoms with Gasteiger partial charge in [-0.2, -0.15) is 0 Å². The number of rotatable bonds is 5. The Labute approximate surface area is 194 Å². The van der Waals surface area contributed by atoms with Crippen LogP contribution in [0.4, 0.5) is 20.2 Å². The first-order chi connectivity index (χ1) is 15.9. The molecule has 1 aliphatic carbocycles. The van der Waals surface area contributed by atoms with E-state index < -0.39 is 39.8 Å². The second kappa shape index (κ2) is 10.7. The van der Waals surface area contributed by atoms with E-state index in [-0.39, 0.29) is 40.5 Å². The summed E-state index contributed by atoms with van der Waals surface area (Å²) in [5.41, 5.74) is -0.610. The maximum Gasteiger partial charge on any atom is 0.340 e. The molecule has 0 fully saturated rings. The van der Waals surface area contributed by atoms with Gasteiger partial charge in [-0.1, -0.05) is 17.7 Å². The monoisotopic (exact) mass is 500 g/mol. The second-order valence-electron chi connectivity index (χ2n) is 6.72. The SMILES string of the molecule is COC(=O)c1cc([N+](=O)[O-])cnc1C1=CCC(F)(F)CC1.O=C(O)c1cc([N+](=O)[O-])cnc1Cl. The first-order valence-corrected chi connectivity index (χ1v) is 9.57. The van der Waals surface area contributed by atoms with Gasteiger partial charge in [-0.3, -0.25) is 20.2 Å². The van der Waals surface area contributed by atoms with E-state index in [9.17, 15) is 38.6 Å². The van der Waals surface area contributed by atoms with Gasteiger partial charge in [0.1, 0.15) is 23.1 Å². The third-order valence-electron chi connectivity index (χ3n) is 4.47. The summed E-state index contributed by atoms with van der Waals surface area (Å²) in [6, 6.07) is 1.90. The number of halogens is 3. The topological polar surface area (TPSA) is 176 Å². The molecule has 1 aliphatic rings. The zero-order valence-corrected chi connectivity index (χ0v) is 18.0. The van der Waals surface area contributed by atoms with Gasteiger partial charge in [0, 0.05) is 25.0 Å². The van der Waals surface area contributed by atoms with Crippen molar-refractivity contribution < 1.29 is 38.1 Å². The number of nitro groups is 2. The Hall–Kier alpha value is -4.07. The van der Waals surface area contributed by atoms with E-state index in [1.165, 1.54) is 6.08 Å². The quantitative estimate of drug-likeness (QED) is 0.269. The molecule has 0 radical (unpaired) electrons. The first kappa shape index (κ1) is 26.2. The molecule has 0 saturated heterocycles. The highest BCUT2D eigenvalue weighted by Gasteiger charge is 2.33. The van der Waals surface area contributed by atoms with Gasteiger partial charge in [0.2, 0.25) is 0 Å². The number of carbonyl (C=O) groups excluding carboxylic acids is 1. The lowest BCUT2D eigenvalue weighted by atomic mass is 9.92. The fourth-order valence-corrected chi connectivity index (χ4v) is 2.96. The zero-order chi connectivity index (χ0) is 25.6. The average Bonchev–Trinajstić information content (AvgIpc) is 2.78. The van der Waals surface area contributed by atoms with Crippen molar-refractivity contribution in [3.8, 4) is 0 Å². The summed E-state index contributed by atoms with van der Waals surface area (Å²) in [7, 11) is 1.13. The summed E-state index contributed by atoms with van der Waals surface area (Å²) in [6.07, 6.45) is 2.45. The molecule has 0 unspecified atom stereocenters. The predicted octanol–water partition coefficient (Wildman–Crippen LogP) is 4.32. The minimum atomic E-state index is -2.77. The number of hydrogen-bond acceptors (Lipinski definition) is 9. The van der Waals surface area contributed by atoms with Crippen molar-refractivity contribution in [1.82, 2.24) is 9.97 Å². The van der Waals surface area contributed by atoms with Gasteiger partial charge in [-0.05, 0) is 12.0 Å². The van der Waals surface area contributed by atoms with E-state index in [0.29, 0.717) is 5.57 Å². The summed E-state index contributed by atoms with van der Waals surface area (Å²) in [5, 5.41) is 29.2. The Morgan fingerprint density at radius 1 is 1.12 bits per heavy atom. The van der Waals surface area contributed by atoms with Crippen molar-refractivity contribution in [2.45, 2.75) is 25.2 Å². The number of allylic oxidation sites excluding steroid dienone is 2. The summed E-state index contributed by atoms with van der Waals surface area (Å²) in [6.45, 7) is 0. The third-order valence-corrected chi connectivity index (χ3v) is 4.77. The Morgan fingerprint density at radius 2 is 1.68 bits per heavy atom. The molecule has 15 heteroatoms. The van der Waals surface area contributed by atoms with E-state index in [1.807, 2.05) is 0 Å². The third kappa shape index (κ3) is 6.48. The number of ether oxygens (including phenoxy) is 1. The van der Waals surface area contributed by atoms with Crippen LogP contribution in [0.15, 0.2) is 30.6 Å². The van der Waals surface area contributed by atoms with E-state index >= 15 is 0 Å². The van der Waals surface area contributed by atoms with Crippen molar-refractivity contribution in [1.29, 1.82) is 0 Å². The number of methoxy groups -OCH3 is 1. The fourth-order valence-electron chi connectivity index (χ4n) is 2.77. The summed E-state index contributed by atoms with van der Waals surface area (Å²) in [4.78, 5) is 48.9. The summed E-state index contributed by atoms with van der Waals surface area (Å²) < 4.78 is 30.9. The number of carbonyl (C=O) groups is 2. The molecule has 0 aromatic carbocycles. The number of aromatic nitrogens is 2. The van der Waals surface area contributed by atoms with E-state index in [1.54, 1.807) is 0 Å². The Morgan fingerprint density at radius 3 is 2.15 bits per heavy atom. The number of hydrogen-bond donors (Lipinski definition) is 1. The van der Waals surface area contributed by atoms with Crippen LogP contribution in [0.3, 0.4) is 0 Å². The number of carboxylic acids is 1. The lowest BCUT2D eigenvalue weighted by Gasteiger charge is -2.21. The molecular formula is C19H15ClF2N4O8. The minimum absolute atomic E-state index is 0.0435. The minimum Gasteiger partial charge on any atom is -0.478 e. The fraction of sp³-hybridized carbons (Fsp3) is 0.263. The molecular weight excluding hydrogens is 486 g/mol. The van der Waals surface area contributed by atoms with Gasteiger partial charge in [0.15, 0.2) is 0 Å². The van der Waals surface area contributed by atoms with E-state index in [4.69, 9.17) is 16.7 Å². The second-order valence-corrected chi connectivity index (χ2v) is 7.08. The number of pyridine rings is 2. The molecule has 0 aliphatic heterocycles. The van der Waals surface area contributed by atoms with Gasteiger partial charge in [0.25, 0.3) is 17.3 Å². The molecule has 0 saturated carbocycles. The highest BCUT2D eigenvalue weighted by Crippen LogP contribution is 2.37. The molecule has 180 valence electrons. The first-order valence-electron chi connectivity index (χ1n) is 9.19. The van der Waals surface area contributed by atoms with Crippen molar-refractivity contribution in [3.05, 3.63) is 72.8 Å². The summed E-state index contributed by atoms with van der Waals surface area (Å²) in [5.74, 6) is -4.91. The molecule has 2 aromatic heterocycles. The molecule has 2 aromatic rings. The van der Waals surface area contributed by atoms with Gasteiger partial charge in [-0.25, -0.2) is 28.3 Å². The summed E-state index contributed by atoms with van der Waals surface area (Å²) >= 11 is 5.38. The average molecular weight is 501 g/mol. The number of esters is 1. The predicted molar refractivity (Wildman–Crippen MR) is 112 cm³/mol. The van der Waals surface area contributed by atoms with Crippen LogP contribution in [-0.2, 0) is 4.74 Å². The maximum atomic E-state index is 13.1. The Balaban J connectivity index is 0.000000270.